The first kappa shape index (κ1) is 8.00. The van der Waals surface area contributed by atoms with Gasteiger partial charge in [0.25, 0.3) is 0 Å². The molecule has 2 aromatic rings. The summed E-state index contributed by atoms with van der Waals surface area (Å²) in [6.07, 6.45) is 2.69. The van der Waals surface area contributed by atoms with E-state index >= 15 is 0 Å². The lowest BCUT2D eigenvalue weighted by Gasteiger charge is -1.97. The number of halogens is 1. The molecular weight excluding hydrogens is 194 g/mol. The Morgan fingerprint density at radius 1 is 1.54 bits per heavy atom. The van der Waals surface area contributed by atoms with Crippen LogP contribution in [0.2, 0.25) is 5.02 Å². The number of pyridine rings is 1. The van der Waals surface area contributed by atoms with Crippen molar-refractivity contribution in [2.75, 3.05) is 0 Å². The second kappa shape index (κ2) is 2.70. The van der Waals surface area contributed by atoms with Gasteiger partial charge in [-0.3, -0.25) is 10.1 Å². The molecule has 2 N–H and O–H groups in total. The van der Waals surface area contributed by atoms with Crippen LogP contribution in [0.4, 0.5) is 0 Å². The molecule has 13 heavy (non-hydrogen) atoms. The van der Waals surface area contributed by atoms with E-state index in [1.165, 1.54) is 12.4 Å². The smallest absolute Gasteiger partial charge is 0.338 e. The number of nitrogens with zero attached hydrogens (tertiary/aromatic N) is 2. The van der Waals surface area contributed by atoms with Crippen LogP contribution in [0.5, 0.6) is 0 Å². The first-order valence-electron chi connectivity index (χ1n) is 3.41. The number of H-pyrrole nitrogens is 1. The Labute approximate surface area is 77.4 Å². The molecule has 0 aliphatic rings. The first-order valence-corrected chi connectivity index (χ1v) is 3.79. The molecule has 0 saturated heterocycles. The van der Waals surface area contributed by atoms with Crippen LogP contribution in [-0.2, 0) is 0 Å². The summed E-state index contributed by atoms with van der Waals surface area (Å²) in [5, 5.41) is 15.1. The van der Waals surface area contributed by atoms with Crippen LogP contribution in [0, 0.1) is 0 Å². The van der Waals surface area contributed by atoms with Gasteiger partial charge in [0, 0.05) is 6.20 Å². The van der Waals surface area contributed by atoms with Crippen molar-refractivity contribution in [3.8, 4) is 0 Å². The number of aromatic carboxylic acids is 1. The molecule has 0 aromatic carbocycles. The van der Waals surface area contributed by atoms with E-state index in [2.05, 4.69) is 15.2 Å². The normalized spacial score (nSPS) is 10.5. The second-order valence-electron chi connectivity index (χ2n) is 2.42. The Morgan fingerprint density at radius 3 is 3.00 bits per heavy atom. The standard InChI is InChI=1S/C7H4ClN3O2/c8-5-3(7(12)13)1-9-4-2-10-11-6(4)5/h1-2H,(H,10,11)(H,12,13). The molecule has 0 aliphatic heterocycles. The van der Waals surface area contributed by atoms with E-state index in [0.717, 1.165) is 0 Å². The van der Waals surface area contributed by atoms with Gasteiger partial charge >= 0.3 is 5.97 Å². The van der Waals surface area contributed by atoms with Gasteiger partial charge in [-0.2, -0.15) is 5.10 Å². The first-order chi connectivity index (χ1) is 6.20. The summed E-state index contributed by atoms with van der Waals surface area (Å²) in [6, 6.07) is 0. The molecule has 0 atom stereocenters. The lowest BCUT2D eigenvalue weighted by Crippen LogP contribution is -1.98. The highest BCUT2D eigenvalue weighted by atomic mass is 35.5. The van der Waals surface area contributed by atoms with Crippen LogP contribution in [0.3, 0.4) is 0 Å². The number of carboxylic acids is 1. The number of aromatic amines is 1. The monoisotopic (exact) mass is 197 g/mol. The number of carboxylic acid groups (broad SMARTS) is 1. The van der Waals surface area contributed by atoms with Crippen LogP contribution >= 0.6 is 11.6 Å². The van der Waals surface area contributed by atoms with Crippen LogP contribution < -0.4 is 0 Å². The largest absolute Gasteiger partial charge is 0.478 e. The third-order valence-corrected chi connectivity index (χ3v) is 2.03. The van der Waals surface area contributed by atoms with Crippen molar-refractivity contribution >= 4 is 28.6 Å². The molecule has 66 valence electrons. The topological polar surface area (TPSA) is 78.9 Å². The molecule has 2 heterocycles. The zero-order valence-electron chi connectivity index (χ0n) is 6.28. The zero-order valence-corrected chi connectivity index (χ0v) is 7.04. The molecule has 0 amide bonds. The van der Waals surface area contributed by atoms with Gasteiger partial charge in [-0.15, -0.1) is 0 Å². The minimum Gasteiger partial charge on any atom is -0.478 e. The van der Waals surface area contributed by atoms with Crippen molar-refractivity contribution in [1.82, 2.24) is 15.2 Å². The number of carbonyl (C=O) groups is 1. The Morgan fingerprint density at radius 2 is 2.31 bits per heavy atom. The van der Waals surface area contributed by atoms with Gasteiger partial charge < -0.3 is 5.11 Å². The molecule has 6 heteroatoms. The number of rotatable bonds is 1. The lowest BCUT2D eigenvalue weighted by atomic mass is 10.2. The average Bonchev–Trinajstić information content (AvgIpc) is 2.52. The van der Waals surface area contributed by atoms with E-state index in [1.807, 2.05) is 0 Å². The summed E-state index contributed by atoms with van der Waals surface area (Å²) in [5.74, 6) is -1.10. The van der Waals surface area contributed by atoms with Crippen LogP contribution in [0.15, 0.2) is 12.4 Å². The van der Waals surface area contributed by atoms with Crippen LogP contribution in [0.25, 0.3) is 11.0 Å². The Balaban J connectivity index is 2.80. The van der Waals surface area contributed by atoms with Gasteiger partial charge in [0.15, 0.2) is 0 Å². The molecule has 0 radical (unpaired) electrons. The molecule has 0 saturated carbocycles. The quantitative estimate of drug-likeness (QED) is 0.723. The number of hydrogen-bond donors (Lipinski definition) is 2. The fourth-order valence-electron chi connectivity index (χ4n) is 1.01. The third-order valence-electron chi connectivity index (χ3n) is 1.64. The Hall–Kier alpha value is -1.62. The molecule has 2 rings (SSSR count). The van der Waals surface area contributed by atoms with E-state index in [0.29, 0.717) is 11.0 Å². The van der Waals surface area contributed by atoms with E-state index in [4.69, 9.17) is 16.7 Å². The predicted molar refractivity (Wildman–Crippen MR) is 45.9 cm³/mol. The highest BCUT2D eigenvalue weighted by Crippen LogP contribution is 2.22. The summed E-state index contributed by atoms with van der Waals surface area (Å²) in [4.78, 5) is 14.5. The average molecular weight is 198 g/mol. The van der Waals surface area contributed by atoms with E-state index in [-0.39, 0.29) is 10.6 Å². The summed E-state index contributed by atoms with van der Waals surface area (Å²) >= 11 is 5.79. The maximum atomic E-state index is 10.6. The summed E-state index contributed by atoms with van der Waals surface area (Å²) in [6.45, 7) is 0. The Bertz CT molecular complexity index is 480. The van der Waals surface area contributed by atoms with Crippen molar-refractivity contribution in [2.45, 2.75) is 0 Å². The summed E-state index contributed by atoms with van der Waals surface area (Å²) < 4.78 is 0. The number of hydrogen-bond acceptors (Lipinski definition) is 3. The summed E-state index contributed by atoms with van der Waals surface area (Å²) in [5.41, 5.74) is 0.968. The van der Waals surface area contributed by atoms with Crippen molar-refractivity contribution in [3.05, 3.63) is 23.0 Å². The van der Waals surface area contributed by atoms with Crippen LogP contribution in [0.1, 0.15) is 10.4 Å². The molecule has 2 aromatic heterocycles. The molecule has 5 nitrogen and oxygen atoms in total. The van der Waals surface area contributed by atoms with Gasteiger partial charge in [-0.1, -0.05) is 11.6 Å². The molecular formula is C7H4ClN3O2. The van der Waals surface area contributed by atoms with Gasteiger partial charge in [0.2, 0.25) is 0 Å². The summed E-state index contributed by atoms with van der Waals surface area (Å²) in [7, 11) is 0. The number of fused-ring (bicyclic) bond motifs is 1. The minimum absolute atomic E-state index is 0.0292. The van der Waals surface area contributed by atoms with E-state index in [1.54, 1.807) is 0 Å². The van der Waals surface area contributed by atoms with Crippen molar-refractivity contribution < 1.29 is 9.90 Å². The maximum Gasteiger partial charge on any atom is 0.338 e. The van der Waals surface area contributed by atoms with E-state index < -0.39 is 5.97 Å². The highest BCUT2D eigenvalue weighted by molar-refractivity contribution is 6.37. The molecule has 0 spiro atoms. The van der Waals surface area contributed by atoms with Gasteiger partial charge in [-0.05, 0) is 0 Å². The van der Waals surface area contributed by atoms with Crippen molar-refractivity contribution in [3.63, 3.8) is 0 Å². The van der Waals surface area contributed by atoms with Gasteiger partial charge in [-0.25, -0.2) is 4.79 Å². The number of aromatic nitrogens is 3. The molecule has 0 fully saturated rings. The van der Waals surface area contributed by atoms with E-state index in [9.17, 15) is 4.79 Å². The molecule has 0 aliphatic carbocycles. The molecule has 0 bridgehead atoms. The maximum absolute atomic E-state index is 10.6. The minimum atomic E-state index is -1.10. The van der Waals surface area contributed by atoms with Gasteiger partial charge in [0.05, 0.1) is 16.8 Å². The molecule has 0 unspecified atom stereocenters. The Kier molecular flexibility index (Phi) is 1.66. The van der Waals surface area contributed by atoms with Crippen molar-refractivity contribution in [1.29, 1.82) is 0 Å². The number of nitrogens with one attached hydrogen (secondary N) is 1. The van der Waals surface area contributed by atoms with Crippen molar-refractivity contribution in [2.24, 2.45) is 0 Å². The zero-order chi connectivity index (χ0) is 9.42. The highest BCUT2D eigenvalue weighted by Gasteiger charge is 2.13. The predicted octanol–water partition coefficient (Wildman–Crippen LogP) is 1.31. The fraction of sp³-hybridized carbons (Fsp3) is 0. The second-order valence-corrected chi connectivity index (χ2v) is 2.80. The lowest BCUT2D eigenvalue weighted by molar-refractivity contribution is 0.0697. The fourth-order valence-corrected chi connectivity index (χ4v) is 1.28. The third kappa shape index (κ3) is 1.13. The SMILES string of the molecule is O=C(O)c1cnc2cn[nH]c2c1Cl. The van der Waals surface area contributed by atoms with Crippen LogP contribution in [-0.4, -0.2) is 26.3 Å². The van der Waals surface area contributed by atoms with Gasteiger partial charge in [0.1, 0.15) is 11.0 Å².